The van der Waals surface area contributed by atoms with E-state index >= 15 is 0 Å². The van der Waals surface area contributed by atoms with Crippen LogP contribution in [0.15, 0.2) is 84.9 Å². The van der Waals surface area contributed by atoms with Crippen LogP contribution in [0.3, 0.4) is 0 Å². The zero-order chi connectivity index (χ0) is 45.0. The van der Waals surface area contributed by atoms with E-state index < -0.39 is 38.3 Å². The van der Waals surface area contributed by atoms with Gasteiger partial charge in [-0.25, -0.2) is 8.78 Å². The third kappa shape index (κ3) is 14.5. The van der Waals surface area contributed by atoms with Crippen LogP contribution in [0.2, 0.25) is 0 Å². The van der Waals surface area contributed by atoms with Gasteiger partial charge >= 0.3 is 12.4 Å². The van der Waals surface area contributed by atoms with E-state index in [1.165, 1.54) is 88.2 Å². The number of alkyl halides is 8. The number of rotatable bonds is 20. The first-order chi connectivity index (χ1) is 30.2. The van der Waals surface area contributed by atoms with Gasteiger partial charge in [-0.3, -0.25) is 0 Å². The molecule has 2 saturated carbocycles. The number of hydrogen-bond donors (Lipinski definition) is 0. The molecule has 2 unspecified atom stereocenters. The van der Waals surface area contributed by atoms with Gasteiger partial charge in [0.2, 0.25) is 0 Å². The van der Waals surface area contributed by atoms with E-state index in [1.807, 2.05) is 12.1 Å². The largest absolute Gasteiger partial charge is 0.457 e. The van der Waals surface area contributed by atoms with Crippen molar-refractivity contribution in [3.8, 4) is 11.5 Å². The van der Waals surface area contributed by atoms with Crippen molar-refractivity contribution in [1.29, 1.82) is 0 Å². The van der Waals surface area contributed by atoms with Gasteiger partial charge in [-0.1, -0.05) is 112 Å². The van der Waals surface area contributed by atoms with Crippen molar-refractivity contribution in [2.24, 2.45) is 11.8 Å². The van der Waals surface area contributed by atoms with Crippen LogP contribution in [0.4, 0.5) is 35.1 Å². The molecule has 4 aromatic rings. The fourth-order valence-electron chi connectivity index (χ4n) is 9.56. The average Bonchev–Trinajstić information content (AvgIpc) is 3.26. The first kappa shape index (κ1) is 48.5. The standard InChI is InChI=1S/C52H62F8O3/c1-3-5-35-7-17-41(18-8-35)43-21-11-37(12-22-43)31-45-33-39(27-29-61-49(53)51(55,56)57)15-25-47(45)63-48-26-16-40(28-30-62-50(54)52(58,59)60)34-46(48)32-38-13-23-44(24-14-38)42-19-9-36(6-4-2)10-20-42/h11-16,21-26,33-36,41-42,49-50H,3-10,17-20,27-32H2,1-2H3. The normalized spacial score (nSPS) is 20.7. The second-order valence-corrected chi connectivity index (χ2v) is 17.8. The molecule has 2 aliphatic carbocycles. The van der Waals surface area contributed by atoms with Gasteiger partial charge in [0.15, 0.2) is 0 Å². The van der Waals surface area contributed by atoms with E-state index in [4.69, 9.17) is 4.74 Å². The van der Waals surface area contributed by atoms with Gasteiger partial charge in [0.25, 0.3) is 12.7 Å². The van der Waals surface area contributed by atoms with E-state index in [-0.39, 0.29) is 12.8 Å². The van der Waals surface area contributed by atoms with Crippen molar-refractivity contribution in [2.75, 3.05) is 13.2 Å². The fraction of sp³-hybridized carbons (Fsp3) is 0.538. The molecule has 0 spiro atoms. The van der Waals surface area contributed by atoms with Crippen molar-refractivity contribution in [1.82, 2.24) is 0 Å². The maximum Gasteiger partial charge on any atom is 0.445 e. The molecule has 0 bridgehead atoms. The summed E-state index contributed by atoms with van der Waals surface area (Å²) in [5, 5.41) is 0. The van der Waals surface area contributed by atoms with Crippen molar-refractivity contribution in [3.63, 3.8) is 0 Å². The van der Waals surface area contributed by atoms with Gasteiger partial charge < -0.3 is 14.2 Å². The highest BCUT2D eigenvalue weighted by atomic mass is 19.4. The fourth-order valence-corrected chi connectivity index (χ4v) is 9.56. The number of benzene rings is 4. The van der Waals surface area contributed by atoms with Crippen LogP contribution >= 0.6 is 0 Å². The lowest BCUT2D eigenvalue weighted by Crippen LogP contribution is -2.27. The number of hydrogen-bond acceptors (Lipinski definition) is 3. The van der Waals surface area contributed by atoms with Crippen LogP contribution in [-0.4, -0.2) is 38.3 Å². The lowest BCUT2D eigenvalue weighted by Gasteiger charge is -2.28. The van der Waals surface area contributed by atoms with Crippen LogP contribution in [0, 0.1) is 11.8 Å². The lowest BCUT2D eigenvalue weighted by atomic mass is 9.77. The average molecular weight is 887 g/mol. The summed E-state index contributed by atoms with van der Waals surface area (Å²) in [5.41, 5.74) is 7.45. The monoisotopic (exact) mass is 886 g/mol. The van der Waals surface area contributed by atoms with E-state index in [1.54, 1.807) is 24.3 Å². The van der Waals surface area contributed by atoms with E-state index in [0.29, 0.717) is 47.3 Å². The molecular weight excluding hydrogens is 825 g/mol. The van der Waals surface area contributed by atoms with Gasteiger partial charge in [-0.05, 0) is 145 Å². The quantitative estimate of drug-likeness (QED) is 0.0828. The molecule has 0 amide bonds. The highest BCUT2D eigenvalue weighted by molar-refractivity contribution is 5.48. The Kier molecular flexibility index (Phi) is 17.5. The minimum absolute atomic E-state index is 0.0374. The summed E-state index contributed by atoms with van der Waals surface area (Å²) in [6, 6.07) is 27.8. The molecule has 2 aliphatic rings. The first-order valence-electron chi connectivity index (χ1n) is 22.9. The maximum atomic E-state index is 13.6. The van der Waals surface area contributed by atoms with Crippen molar-refractivity contribution in [2.45, 2.75) is 153 Å². The van der Waals surface area contributed by atoms with Crippen LogP contribution in [0.5, 0.6) is 11.5 Å². The Morgan fingerprint density at radius 2 is 0.841 bits per heavy atom. The summed E-state index contributed by atoms with van der Waals surface area (Å²) in [6.45, 7) is 3.52. The molecule has 0 N–H and O–H groups in total. The van der Waals surface area contributed by atoms with Gasteiger partial charge in [0.1, 0.15) is 11.5 Å². The summed E-state index contributed by atoms with van der Waals surface area (Å²) in [4.78, 5) is 0. The number of ether oxygens (including phenoxy) is 3. The minimum Gasteiger partial charge on any atom is -0.457 e. The Balaban J connectivity index is 1.24. The van der Waals surface area contributed by atoms with Crippen molar-refractivity contribution in [3.05, 3.63) is 129 Å². The third-order valence-electron chi connectivity index (χ3n) is 13.1. The predicted octanol–water partition coefficient (Wildman–Crippen LogP) is 15.6. The van der Waals surface area contributed by atoms with E-state index in [0.717, 1.165) is 34.1 Å². The molecule has 0 aromatic heterocycles. The minimum atomic E-state index is -5.11. The predicted molar refractivity (Wildman–Crippen MR) is 232 cm³/mol. The van der Waals surface area contributed by atoms with Crippen LogP contribution < -0.4 is 4.74 Å². The summed E-state index contributed by atoms with van der Waals surface area (Å²) in [7, 11) is 0. The molecule has 0 saturated heterocycles. The molecule has 0 radical (unpaired) electrons. The zero-order valence-electron chi connectivity index (χ0n) is 36.5. The Bertz CT molecular complexity index is 1840. The summed E-state index contributed by atoms with van der Waals surface area (Å²) in [6.07, 6.45) is -1.42. The van der Waals surface area contributed by atoms with E-state index in [9.17, 15) is 35.1 Å². The lowest BCUT2D eigenvalue weighted by molar-refractivity contribution is -0.264. The molecule has 6 rings (SSSR count). The van der Waals surface area contributed by atoms with Gasteiger partial charge in [-0.15, -0.1) is 0 Å². The SMILES string of the molecule is CCCC1CCC(c2ccc(Cc3cc(CCOC(F)C(F)(F)F)ccc3Oc3ccc(CCOC(F)C(F)(F)F)cc3Cc3ccc(C4CCC(CCC)CC4)cc3)cc2)CC1. The molecule has 344 valence electrons. The van der Waals surface area contributed by atoms with Crippen LogP contribution in [0.25, 0.3) is 0 Å². The zero-order valence-corrected chi connectivity index (χ0v) is 36.5. The smallest absolute Gasteiger partial charge is 0.445 e. The molecule has 0 aliphatic heterocycles. The highest BCUT2D eigenvalue weighted by Gasteiger charge is 2.42. The molecule has 0 heterocycles. The van der Waals surface area contributed by atoms with Gasteiger partial charge in [-0.2, -0.15) is 26.3 Å². The Labute approximate surface area is 367 Å². The molecule has 2 atom stereocenters. The highest BCUT2D eigenvalue weighted by Crippen LogP contribution is 2.40. The van der Waals surface area contributed by atoms with Gasteiger partial charge in [0.05, 0.1) is 13.2 Å². The Morgan fingerprint density at radius 3 is 1.17 bits per heavy atom. The van der Waals surface area contributed by atoms with Crippen molar-refractivity contribution >= 4 is 0 Å². The van der Waals surface area contributed by atoms with E-state index in [2.05, 4.69) is 71.9 Å². The Morgan fingerprint density at radius 1 is 0.492 bits per heavy atom. The molecule has 11 heteroatoms. The third-order valence-corrected chi connectivity index (χ3v) is 13.1. The molecule has 3 nitrogen and oxygen atoms in total. The first-order valence-corrected chi connectivity index (χ1v) is 22.9. The van der Waals surface area contributed by atoms with Gasteiger partial charge in [0, 0.05) is 12.8 Å². The molecule has 63 heavy (non-hydrogen) atoms. The second-order valence-electron chi connectivity index (χ2n) is 17.8. The maximum absolute atomic E-state index is 13.6. The molecular formula is C52H62F8O3. The number of halogens is 8. The summed E-state index contributed by atoms with van der Waals surface area (Å²) >= 11 is 0. The summed E-state index contributed by atoms with van der Waals surface area (Å²) in [5.74, 6) is 3.65. The topological polar surface area (TPSA) is 27.7 Å². The summed E-state index contributed by atoms with van der Waals surface area (Å²) < 4.78 is 120. The van der Waals surface area contributed by atoms with Crippen LogP contribution in [-0.2, 0) is 35.2 Å². The molecule has 4 aromatic carbocycles. The molecule has 2 fully saturated rings. The Hall–Kier alpha value is -3.96. The van der Waals surface area contributed by atoms with Crippen LogP contribution in [0.1, 0.15) is 147 Å². The van der Waals surface area contributed by atoms with Crippen molar-refractivity contribution < 1.29 is 49.3 Å². The second kappa shape index (κ2) is 22.8.